The van der Waals surface area contributed by atoms with Gasteiger partial charge in [-0.3, -0.25) is 0 Å². The third-order valence-electron chi connectivity index (χ3n) is 2.80. The molecule has 0 aliphatic carbocycles. The van der Waals surface area contributed by atoms with Crippen LogP contribution in [0.15, 0.2) is 0 Å². The summed E-state index contributed by atoms with van der Waals surface area (Å²) in [5, 5.41) is 0. The highest BCUT2D eigenvalue weighted by Crippen LogP contribution is 2.36. The van der Waals surface area contributed by atoms with Crippen molar-refractivity contribution in [3.05, 3.63) is 0 Å². The lowest BCUT2D eigenvalue weighted by Crippen LogP contribution is -2.41. The van der Waals surface area contributed by atoms with E-state index in [4.69, 9.17) is 4.74 Å². The Morgan fingerprint density at radius 2 is 2.17 bits per heavy atom. The molecule has 0 bridgehead atoms. The summed E-state index contributed by atoms with van der Waals surface area (Å²) < 4.78 is 5.20. The summed E-state index contributed by atoms with van der Waals surface area (Å²) in [4.78, 5) is 10.7. The molecule has 0 spiro atoms. The molecule has 0 aromatic rings. The highest BCUT2D eigenvalue weighted by Gasteiger charge is 2.35. The topological polar surface area (TPSA) is 26.3 Å². The van der Waals surface area contributed by atoms with Crippen molar-refractivity contribution < 1.29 is 9.53 Å². The van der Waals surface area contributed by atoms with E-state index in [1.165, 1.54) is 6.42 Å². The minimum absolute atomic E-state index is 0.307. The maximum absolute atomic E-state index is 10.7. The van der Waals surface area contributed by atoms with Crippen LogP contribution in [0.2, 0.25) is 0 Å². The lowest BCUT2D eigenvalue weighted by Gasteiger charge is -2.41. The predicted octanol–water partition coefficient (Wildman–Crippen LogP) is 2.17. The average molecular weight is 170 g/mol. The van der Waals surface area contributed by atoms with Gasteiger partial charge in [0.15, 0.2) is 0 Å². The number of hydrogen-bond donors (Lipinski definition) is 0. The Morgan fingerprint density at radius 1 is 1.50 bits per heavy atom. The summed E-state index contributed by atoms with van der Waals surface area (Å²) in [6, 6.07) is 0. The minimum Gasteiger partial charge on any atom is -0.380 e. The van der Waals surface area contributed by atoms with E-state index in [1.54, 1.807) is 6.92 Å². The van der Waals surface area contributed by atoms with Crippen LogP contribution in [0.5, 0.6) is 0 Å². The highest BCUT2D eigenvalue weighted by molar-refractivity contribution is 5.75. The summed E-state index contributed by atoms with van der Waals surface area (Å²) in [6.45, 7) is 5.68. The third kappa shape index (κ3) is 2.31. The second kappa shape index (κ2) is 4.04. The van der Waals surface area contributed by atoms with Crippen LogP contribution < -0.4 is 0 Å². The molecule has 0 unspecified atom stereocenters. The standard InChI is InChI=1S/C10H18O2/c1-3-10(7-12-8-10)6-4-5-9(2)11/h3-8H2,1-2H3. The molecule has 1 aliphatic rings. The quantitative estimate of drug-likeness (QED) is 0.632. The predicted molar refractivity (Wildman–Crippen MR) is 48.1 cm³/mol. The van der Waals surface area contributed by atoms with Crippen LogP contribution in [0.1, 0.15) is 39.5 Å². The van der Waals surface area contributed by atoms with Gasteiger partial charge in [-0.1, -0.05) is 6.92 Å². The zero-order valence-corrected chi connectivity index (χ0v) is 8.06. The van der Waals surface area contributed by atoms with Crippen LogP contribution in [-0.2, 0) is 9.53 Å². The Labute approximate surface area is 74.3 Å². The molecule has 2 nitrogen and oxygen atoms in total. The summed E-state index contributed by atoms with van der Waals surface area (Å²) in [7, 11) is 0. The number of carbonyl (C=O) groups excluding carboxylic acids is 1. The molecule has 1 saturated heterocycles. The van der Waals surface area contributed by atoms with Gasteiger partial charge in [0, 0.05) is 11.8 Å². The van der Waals surface area contributed by atoms with Gasteiger partial charge in [0.05, 0.1) is 13.2 Å². The summed E-state index contributed by atoms with van der Waals surface area (Å²) in [5.41, 5.74) is 0.426. The van der Waals surface area contributed by atoms with Gasteiger partial charge in [0.25, 0.3) is 0 Å². The first-order valence-electron chi connectivity index (χ1n) is 4.76. The van der Waals surface area contributed by atoms with E-state index < -0.39 is 0 Å². The first kappa shape index (κ1) is 9.72. The molecule has 1 fully saturated rings. The van der Waals surface area contributed by atoms with Crippen LogP contribution in [-0.4, -0.2) is 19.0 Å². The molecule has 0 amide bonds. The number of carbonyl (C=O) groups is 1. The second-order valence-electron chi connectivity index (χ2n) is 3.90. The monoisotopic (exact) mass is 170 g/mol. The van der Waals surface area contributed by atoms with Crippen molar-refractivity contribution in [2.24, 2.45) is 5.41 Å². The van der Waals surface area contributed by atoms with Gasteiger partial charge in [0.1, 0.15) is 5.78 Å². The molecule has 1 rings (SSSR count). The molecule has 1 aliphatic heterocycles. The van der Waals surface area contributed by atoms with Crippen LogP contribution in [0.4, 0.5) is 0 Å². The van der Waals surface area contributed by atoms with Crippen molar-refractivity contribution in [3.8, 4) is 0 Å². The average Bonchev–Trinajstić information content (AvgIpc) is 1.94. The maximum Gasteiger partial charge on any atom is 0.129 e. The Morgan fingerprint density at radius 3 is 2.50 bits per heavy atom. The molecular weight excluding hydrogens is 152 g/mol. The van der Waals surface area contributed by atoms with Crippen molar-refractivity contribution >= 4 is 5.78 Å². The number of hydrogen-bond acceptors (Lipinski definition) is 2. The van der Waals surface area contributed by atoms with E-state index in [-0.39, 0.29) is 0 Å². The minimum atomic E-state index is 0.307. The molecule has 1 heterocycles. The Bertz CT molecular complexity index is 154. The summed E-state index contributed by atoms with van der Waals surface area (Å²) in [5.74, 6) is 0.307. The lowest BCUT2D eigenvalue weighted by molar-refractivity contribution is -0.124. The van der Waals surface area contributed by atoms with E-state index in [0.717, 1.165) is 32.5 Å². The zero-order valence-electron chi connectivity index (χ0n) is 8.06. The molecule has 0 saturated carbocycles. The highest BCUT2D eigenvalue weighted by atomic mass is 16.5. The number of rotatable bonds is 5. The molecule has 0 N–H and O–H groups in total. The van der Waals surface area contributed by atoms with Crippen molar-refractivity contribution in [1.29, 1.82) is 0 Å². The summed E-state index contributed by atoms with van der Waals surface area (Å²) in [6.07, 6.45) is 4.11. The number of Topliss-reactive ketones (excluding diaryl/α,β-unsaturated/α-hetero) is 1. The van der Waals surface area contributed by atoms with Crippen molar-refractivity contribution in [1.82, 2.24) is 0 Å². The molecule has 2 heteroatoms. The van der Waals surface area contributed by atoms with E-state index in [1.807, 2.05) is 0 Å². The Balaban J connectivity index is 2.16. The van der Waals surface area contributed by atoms with E-state index in [0.29, 0.717) is 11.2 Å². The molecule has 0 radical (unpaired) electrons. The van der Waals surface area contributed by atoms with Crippen LogP contribution in [0.3, 0.4) is 0 Å². The first-order chi connectivity index (χ1) is 5.68. The SMILES string of the molecule is CCC1(CCCC(C)=O)COC1. The smallest absolute Gasteiger partial charge is 0.129 e. The van der Waals surface area contributed by atoms with Crippen molar-refractivity contribution in [2.75, 3.05) is 13.2 Å². The zero-order chi connectivity index (χ0) is 9.03. The largest absolute Gasteiger partial charge is 0.380 e. The fraction of sp³-hybridized carbons (Fsp3) is 0.900. The van der Waals surface area contributed by atoms with Gasteiger partial charge in [-0.25, -0.2) is 0 Å². The van der Waals surface area contributed by atoms with Crippen molar-refractivity contribution in [2.45, 2.75) is 39.5 Å². The second-order valence-corrected chi connectivity index (χ2v) is 3.90. The molecule has 0 aromatic heterocycles. The fourth-order valence-electron chi connectivity index (χ4n) is 1.63. The fourth-order valence-corrected chi connectivity index (χ4v) is 1.63. The van der Waals surface area contributed by atoms with Gasteiger partial charge in [-0.2, -0.15) is 0 Å². The van der Waals surface area contributed by atoms with Gasteiger partial charge < -0.3 is 9.53 Å². The van der Waals surface area contributed by atoms with E-state index >= 15 is 0 Å². The van der Waals surface area contributed by atoms with Gasteiger partial charge in [-0.15, -0.1) is 0 Å². The van der Waals surface area contributed by atoms with Gasteiger partial charge in [-0.05, 0) is 26.2 Å². The third-order valence-corrected chi connectivity index (χ3v) is 2.80. The lowest BCUT2D eigenvalue weighted by atomic mass is 9.78. The van der Waals surface area contributed by atoms with Gasteiger partial charge in [0.2, 0.25) is 0 Å². The maximum atomic E-state index is 10.7. The Kier molecular flexibility index (Phi) is 3.27. The van der Waals surface area contributed by atoms with E-state index in [9.17, 15) is 4.79 Å². The van der Waals surface area contributed by atoms with Crippen molar-refractivity contribution in [3.63, 3.8) is 0 Å². The van der Waals surface area contributed by atoms with Crippen LogP contribution in [0, 0.1) is 5.41 Å². The van der Waals surface area contributed by atoms with Crippen LogP contribution >= 0.6 is 0 Å². The number of ether oxygens (including phenoxy) is 1. The number of ketones is 1. The Hall–Kier alpha value is -0.370. The molecular formula is C10H18O2. The molecule has 70 valence electrons. The molecule has 12 heavy (non-hydrogen) atoms. The van der Waals surface area contributed by atoms with Gasteiger partial charge >= 0.3 is 0 Å². The molecule has 0 aromatic carbocycles. The summed E-state index contributed by atoms with van der Waals surface area (Å²) >= 11 is 0. The van der Waals surface area contributed by atoms with E-state index in [2.05, 4.69) is 6.92 Å². The first-order valence-corrected chi connectivity index (χ1v) is 4.76. The molecule has 0 atom stereocenters. The van der Waals surface area contributed by atoms with Crippen LogP contribution in [0.25, 0.3) is 0 Å². The normalized spacial score (nSPS) is 20.2.